The van der Waals surface area contributed by atoms with Crippen molar-refractivity contribution in [3.05, 3.63) is 60.4 Å². The minimum atomic E-state index is -0.407. The van der Waals surface area contributed by atoms with Crippen LogP contribution in [0.2, 0.25) is 0 Å². The maximum Gasteiger partial charge on any atom is 0.255 e. The van der Waals surface area contributed by atoms with Gasteiger partial charge in [0, 0.05) is 48.1 Å². The van der Waals surface area contributed by atoms with E-state index in [1.807, 2.05) is 35.0 Å². The van der Waals surface area contributed by atoms with Crippen LogP contribution in [-0.4, -0.2) is 60.1 Å². The Labute approximate surface area is 170 Å². The van der Waals surface area contributed by atoms with E-state index in [2.05, 4.69) is 20.2 Å². The van der Waals surface area contributed by atoms with Crippen molar-refractivity contribution in [2.75, 3.05) is 24.6 Å². The minimum absolute atomic E-state index is 0.00917. The Kier molecular flexibility index (Phi) is 4.51. The van der Waals surface area contributed by atoms with Crippen LogP contribution in [0.3, 0.4) is 0 Å². The van der Waals surface area contributed by atoms with E-state index in [0.717, 1.165) is 30.0 Å². The first-order valence-electron chi connectivity index (χ1n) is 9.21. The first-order valence-corrected chi connectivity index (χ1v) is 10.4. The summed E-state index contributed by atoms with van der Waals surface area (Å²) in [6.45, 7) is 1.53. The fraction of sp³-hybridized carbons (Fsp3) is 0.200. The second-order valence-corrected chi connectivity index (χ2v) is 7.95. The Bertz CT molecular complexity index is 1180. The number of amides is 1. The van der Waals surface area contributed by atoms with Crippen molar-refractivity contribution in [2.24, 2.45) is 0 Å². The molecule has 0 spiro atoms. The number of thioether (sulfide) groups is 1. The molecule has 7 nitrogen and oxygen atoms in total. The lowest BCUT2D eigenvalue weighted by Gasteiger charge is -2.26. The Balaban J connectivity index is 1.47. The predicted octanol–water partition coefficient (Wildman–Crippen LogP) is 3.14. The summed E-state index contributed by atoms with van der Waals surface area (Å²) in [5.41, 5.74) is 2.24. The van der Waals surface area contributed by atoms with Crippen molar-refractivity contribution >= 4 is 28.7 Å². The number of carbonyl (C=O) groups is 1. The van der Waals surface area contributed by atoms with E-state index in [9.17, 15) is 9.18 Å². The van der Waals surface area contributed by atoms with Crippen LogP contribution in [0, 0.1) is 5.82 Å². The molecule has 1 aliphatic heterocycles. The smallest absolute Gasteiger partial charge is 0.255 e. The second kappa shape index (κ2) is 7.32. The molecule has 29 heavy (non-hydrogen) atoms. The zero-order valence-corrected chi connectivity index (χ0v) is 16.2. The summed E-state index contributed by atoms with van der Waals surface area (Å²) in [4.78, 5) is 21.9. The lowest BCUT2D eigenvalue weighted by molar-refractivity contribution is 0.0772. The van der Waals surface area contributed by atoms with E-state index >= 15 is 0 Å². The SMILES string of the molecule is O=C(c1cnc2c(ccn2-c2ccc(-c3nnc[nH]3)c(F)c2)c1)N1CCSCC1. The van der Waals surface area contributed by atoms with Gasteiger partial charge in [-0.05, 0) is 30.3 Å². The molecule has 0 atom stereocenters. The van der Waals surface area contributed by atoms with Gasteiger partial charge >= 0.3 is 0 Å². The molecular formula is C20H17FN6OS. The number of hydrogen-bond donors (Lipinski definition) is 1. The highest BCUT2D eigenvalue weighted by atomic mass is 32.2. The number of nitrogens with one attached hydrogen (secondary N) is 1. The van der Waals surface area contributed by atoms with Crippen LogP contribution < -0.4 is 0 Å². The number of hydrogen-bond acceptors (Lipinski definition) is 5. The van der Waals surface area contributed by atoms with Gasteiger partial charge in [-0.15, -0.1) is 10.2 Å². The topological polar surface area (TPSA) is 79.7 Å². The van der Waals surface area contributed by atoms with E-state index in [1.54, 1.807) is 22.9 Å². The Morgan fingerprint density at radius 1 is 1.17 bits per heavy atom. The average molecular weight is 408 g/mol. The fourth-order valence-electron chi connectivity index (χ4n) is 3.48. The summed E-state index contributed by atoms with van der Waals surface area (Å²) >= 11 is 1.86. The first-order chi connectivity index (χ1) is 14.2. The molecule has 0 aliphatic carbocycles. The summed E-state index contributed by atoms with van der Waals surface area (Å²) < 4.78 is 16.4. The number of pyridine rings is 1. The molecule has 1 saturated heterocycles. The molecule has 1 aliphatic rings. The molecular weight excluding hydrogens is 391 g/mol. The molecule has 0 saturated carbocycles. The highest BCUT2D eigenvalue weighted by molar-refractivity contribution is 7.99. The van der Waals surface area contributed by atoms with Crippen molar-refractivity contribution in [1.82, 2.24) is 29.6 Å². The van der Waals surface area contributed by atoms with Gasteiger partial charge in [0.05, 0.1) is 11.1 Å². The van der Waals surface area contributed by atoms with Crippen molar-refractivity contribution in [3.63, 3.8) is 0 Å². The van der Waals surface area contributed by atoms with Gasteiger partial charge in [0.15, 0.2) is 5.82 Å². The molecule has 1 aromatic carbocycles. The molecule has 4 aromatic rings. The monoisotopic (exact) mass is 408 g/mol. The lowest BCUT2D eigenvalue weighted by Crippen LogP contribution is -2.37. The summed E-state index contributed by atoms with van der Waals surface area (Å²) in [6, 6.07) is 8.62. The molecule has 1 amide bonds. The van der Waals surface area contributed by atoms with Gasteiger partial charge in [-0.1, -0.05) is 0 Å². The summed E-state index contributed by atoms with van der Waals surface area (Å²) in [5, 5.41) is 8.38. The number of aromatic nitrogens is 5. The van der Waals surface area contributed by atoms with E-state index in [0.29, 0.717) is 28.3 Å². The number of benzene rings is 1. The van der Waals surface area contributed by atoms with Crippen LogP contribution in [0.15, 0.2) is 49.1 Å². The van der Waals surface area contributed by atoms with Gasteiger partial charge in [0.25, 0.3) is 5.91 Å². The third-order valence-electron chi connectivity index (χ3n) is 4.97. The highest BCUT2D eigenvalue weighted by Crippen LogP contribution is 2.25. The molecule has 1 fully saturated rings. The molecule has 0 bridgehead atoms. The van der Waals surface area contributed by atoms with Gasteiger partial charge < -0.3 is 14.5 Å². The number of halogens is 1. The van der Waals surface area contributed by atoms with Crippen LogP contribution in [0.4, 0.5) is 4.39 Å². The van der Waals surface area contributed by atoms with Crippen LogP contribution in [0.1, 0.15) is 10.4 Å². The third-order valence-corrected chi connectivity index (χ3v) is 5.92. The molecule has 5 rings (SSSR count). The molecule has 1 N–H and O–H groups in total. The van der Waals surface area contributed by atoms with Crippen molar-refractivity contribution in [2.45, 2.75) is 0 Å². The average Bonchev–Trinajstić information content (AvgIpc) is 3.43. The van der Waals surface area contributed by atoms with Gasteiger partial charge in [-0.2, -0.15) is 11.8 Å². The lowest BCUT2D eigenvalue weighted by atomic mass is 10.2. The first kappa shape index (κ1) is 17.9. The van der Waals surface area contributed by atoms with Crippen LogP contribution in [0.25, 0.3) is 28.1 Å². The molecule has 9 heteroatoms. The van der Waals surface area contributed by atoms with Gasteiger partial charge in [0.1, 0.15) is 17.8 Å². The maximum absolute atomic E-state index is 14.6. The van der Waals surface area contributed by atoms with Gasteiger partial charge in [-0.3, -0.25) is 4.79 Å². The molecule has 4 heterocycles. The van der Waals surface area contributed by atoms with Crippen molar-refractivity contribution in [1.29, 1.82) is 0 Å². The second-order valence-electron chi connectivity index (χ2n) is 6.73. The van der Waals surface area contributed by atoms with E-state index in [4.69, 9.17) is 0 Å². The van der Waals surface area contributed by atoms with Crippen LogP contribution in [0.5, 0.6) is 0 Å². The third kappa shape index (κ3) is 3.27. The predicted molar refractivity (Wildman–Crippen MR) is 110 cm³/mol. The fourth-order valence-corrected chi connectivity index (χ4v) is 4.38. The highest BCUT2D eigenvalue weighted by Gasteiger charge is 2.19. The number of nitrogens with zero attached hydrogens (tertiary/aromatic N) is 5. The normalized spacial score (nSPS) is 14.4. The molecule has 0 radical (unpaired) electrons. The van der Waals surface area contributed by atoms with Crippen molar-refractivity contribution < 1.29 is 9.18 Å². The Morgan fingerprint density at radius 2 is 2.03 bits per heavy atom. The minimum Gasteiger partial charge on any atom is -0.337 e. The number of aromatic amines is 1. The Morgan fingerprint density at radius 3 is 2.79 bits per heavy atom. The van der Waals surface area contributed by atoms with E-state index < -0.39 is 5.82 Å². The summed E-state index contributed by atoms with van der Waals surface area (Å²) in [5.74, 6) is 1.91. The van der Waals surface area contributed by atoms with Crippen molar-refractivity contribution in [3.8, 4) is 17.1 Å². The largest absolute Gasteiger partial charge is 0.337 e. The van der Waals surface area contributed by atoms with Crippen LogP contribution >= 0.6 is 11.8 Å². The number of carbonyl (C=O) groups excluding carboxylic acids is 1. The molecule has 3 aromatic heterocycles. The Hall–Kier alpha value is -3.20. The van der Waals surface area contributed by atoms with Gasteiger partial charge in [-0.25, -0.2) is 9.37 Å². The zero-order valence-electron chi connectivity index (χ0n) is 15.4. The summed E-state index contributed by atoms with van der Waals surface area (Å²) in [6.07, 6.45) is 4.84. The standard InChI is InChI=1S/C20H17FN6OS/c21-17-10-15(1-2-16(17)18-23-12-24-25-18)27-4-3-13-9-14(11-22-19(13)27)20(28)26-5-7-29-8-6-26/h1-4,9-12H,5-8H2,(H,23,24,25). The van der Waals surface area contributed by atoms with Crippen LogP contribution in [-0.2, 0) is 0 Å². The molecule has 146 valence electrons. The van der Waals surface area contributed by atoms with Gasteiger partial charge in [0.2, 0.25) is 0 Å². The number of fused-ring (bicyclic) bond motifs is 1. The molecule has 0 unspecified atom stereocenters. The quantitative estimate of drug-likeness (QED) is 0.563. The summed E-state index contributed by atoms with van der Waals surface area (Å²) in [7, 11) is 0. The maximum atomic E-state index is 14.6. The number of H-pyrrole nitrogens is 1. The number of rotatable bonds is 3. The zero-order chi connectivity index (χ0) is 19.8. The van der Waals surface area contributed by atoms with E-state index in [-0.39, 0.29) is 5.91 Å². The van der Waals surface area contributed by atoms with E-state index in [1.165, 1.54) is 12.4 Å².